The molecule has 12 heteroatoms. The maximum Gasteiger partial charge on any atom is 0.131 e. The van der Waals surface area contributed by atoms with E-state index in [0.29, 0.717) is 12.1 Å². The van der Waals surface area contributed by atoms with Gasteiger partial charge >= 0.3 is 0 Å². The second-order valence-electron chi connectivity index (χ2n) is 12.2. The lowest BCUT2D eigenvalue weighted by Gasteiger charge is -2.25. The van der Waals surface area contributed by atoms with Crippen molar-refractivity contribution >= 4 is 66.7 Å². The zero-order valence-electron chi connectivity index (χ0n) is 23.5. The Morgan fingerprint density at radius 2 is 1.43 bits per heavy atom. The van der Waals surface area contributed by atoms with E-state index < -0.39 is 0 Å². The average Bonchev–Trinajstić information content (AvgIpc) is 3.82. The first-order chi connectivity index (χ1) is 20.2. The molecule has 4 aromatic rings. The van der Waals surface area contributed by atoms with Crippen molar-refractivity contribution in [2.24, 2.45) is 0 Å². The Labute approximate surface area is 272 Å². The Kier molecular flexibility index (Phi) is 7.35. The molecule has 42 heavy (non-hydrogen) atoms. The van der Waals surface area contributed by atoms with E-state index in [1.807, 2.05) is 13.1 Å². The Bertz CT molecular complexity index is 1670. The molecule has 2 N–H and O–H groups in total. The summed E-state index contributed by atoms with van der Waals surface area (Å²) in [6.45, 7) is 5.99. The highest BCUT2D eigenvalue weighted by atomic mass is 79.9. The molecule has 4 atom stereocenters. The molecule has 2 fully saturated rings. The number of rotatable bonds is 2. The summed E-state index contributed by atoms with van der Waals surface area (Å²) >= 11 is 20.1. The number of aryl methyl sites for hydroxylation is 2. The van der Waals surface area contributed by atoms with E-state index in [1.54, 1.807) is 12.4 Å². The van der Waals surface area contributed by atoms with Gasteiger partial charge in [-0.1, -0.05) is 23.2 Å². The highest BCUT2D eigenvalue weighted by Gasteiger charge is 2.49. The third kappa shape index (κ3) is 4.68. The standard InChI is InChI=1S/2C15H16BrClN4/c1-9-3-5-21(20-9)10-2-4-15(6-10)8-19-14-12(15)13(17)11(16)7-18-14;1-9-3-5-20-21(9)10-2-4-15(6-10)8-19-14-12(15)13(17)11(16)7-18-14/h2*3,5,7,10H,2,4,6,8H2,1H3,(H,18,19)/t2*10-,15-/m00/s1. The van der Waals surface area contributed by atoms with Gasteiger partial charge in [0, 0.05) is 65.5 Å². The van der Waals surface area contributed by atoms with E-state index in [9.17, 15) is 0 Å². The van der Waals surface area contributed by atoms with E-state index in [1.165, 1.54) is 16.8 Å². The van der Waals surface area contributed by atoms with Crippen LogP contribution in [0.2, 0.25) is 10.0 Å². The van der Waals surface area contributed by atoms with E-state index >= 15 is 0 Å². The molecule has 0 aromatic carbocycles. The van der Waals surface area contributed by atoms with Crippen LogP contribution in [0.15, 0.2) is 45.9 Å². The summed E-state index contributed by atoms with van der Waals surface area (Å²) in [4.78, 5) is 8.95. The van der Waals surface area contributed by atoms with Gasteiger partial charge in [-0.25, -0.2) is 9.97 Å². The first-order valence-electron chi connectivity index (χ1n) is 14.4. The summed E-state index contributed by atoms with van der Waals surface area (Å²) < 4.78 is 6.03. The zero-order valence-corrected chi connectivity index (χ0v) is 28.2. The first-order valence-corrected chi connectivity index (χ1v) is 16.7. The van der Waals surface area contributed by atoms with Gasteiger partial charge in [0.25, 0.3) is 0 Å². The smallest absolute Gasteiger partial charge is 0.131 e. The van der Waals surface area contributed by atoms with Crippen molar-refractivity contribution in [3.8, 4) is 0 Å². The fourth-order valence-electron chi connectivity index (χ4n) is 7.66. The lowest BCUT2D eigenvalue weighted by Crippen LogP contribution is -2.26. The molecule has 2 aliphatic carbocycles. The van der Waals surface area contributed by atoms with Crippen LogP contribution in [-0.4, -0.2) is 42.6 Å². The van der Waals surface area contributed by atoms with E-state index in [2.05, 4.69) is 97.3 Å². The van der Waals surface area contributed by atoms with E-state index in [4.69, 9.17) is 23.2 Å². The molecule has 2 spiro atoms. The molecule has 0 unspecified atom stereocenters. The van der Waals surface area contributed by atoms with E-state index in [-0.39, 0.29) is 10.8 Å². The topological polar surface area (TPSA) is 85.5 Å². The number of nitrogens with one attached hydrogen (secondary N) is 2. The van der Waals surface area contributed by atoms with Crippen molar-refractivity contribution in [2.75, 3.05) is 23.7 Å². The maximum absolute atomic E-state index is 6.56. The van der Waals surface area contributed by atoms with Crippen LogP contribution in [0.5, 0.6) is 0 Å². The molecule has 220 valence electrons. The van der Waals surface area contributed by atoms with Crippen LogP contribution in [-0.2, 0) is 10.8 Å². The minimum atomic E-state index is 0.0895. The minimum Gasteiger partial charge on any atom is -0.369 e. The lowest BCUT2D eigenvalue weighted by atomic mass is 9.81. The molecule has 0 saturated heterocycles. The molecule has 8 nitrogen and oxygen atoms in total. The third-order valence-corrected chi connectivity index (χ3v) is 12.1. The lowest BCUT2D eigenvalue weighted by molar-refractivity contribution is 0.413. The first kappa shape index (κ1) is 28.6. The summed E-state index contributed by atoms with van der Waals surface area (Å²) in [5.41, 5.74) is 4.85. The highest BCUT2D eigenvalue weighted by molar-refractivity contribution is 9.10. The monoisotopic (exact) mass is 732 g/mol. The van der Waals surface area contributed by atoms with Crippen molar-refractivity contribution in [3.63, 3.8) is 0 Å². The number of nitrogens with zero attached hydrogens (tertiary/aromatic N) is 6. The van der Waals surface area contributed by atoms with Gasteiger partial charge in [-0.05, 0) is 96.4 Å². The Hall–Kier alpha value is -2.14. The molecule has 0 bridgehead atoms. The molecule has 0 radical (unpaired) electrons. The molecule has 8 rings (SSSR count). The van der Waals surface area contributed by atoms with Gasteiger partial charge in [-0.2, -0.15) is 10.2 Å². The zero-order chi connectivity index (χ0) is 29.2. The van der Waals surface area contributed by atoms with Crippen LogP contribution in [0, 0.1) is 13.8 Å². The fourth-order valence-corrected chi connectivity index (χ4v) is 8.93. The quantitative estimate of drug-likeness (QED) is 0.216. The van der Waals surface area contributed by atoms with Crippen LogP contribution in [0.1, 0.15) is 73.1 Å². The number of pyridine rings is 2. The maximum atomic E-state index is 6.56. The van der Waals surface area contributed by atoms with Gasteiger partial charge < -0.3 is 10.6 Å². The molecular weight excluding hydrogens is 703 g/mol. The number of anilines is 2. The van der Waals surface area contributed by atoms with Crippen LogP contribution < -0.4 is 10.6 Å². The minimum absolute atomic E-state index is 0.0895. The number of aromatic nitrogens is 6. The summed E-state index contributed by atoms with van der Waals surface area (Å²) in [5.74, 6) is 1.89. The Morgan fingerprint density at radius 3 is 1.95 bits per heavy atom. The molecule has 0 amide bonds. The van der Waals surface area contributed by atoms with Crippen molar-refractivity contribution in [2.45, 2.75) is 75.3 Å². The normalized spacial score (nSPS) is 27.1. The molecule has 2 saturated carbocycles. The van der Waals surface area contributed by atoms with Crippen LogP contribution in [0.3, 0.4) is 0 Å². The molecule has 6 heterocycles. The van der Waals surface area contributed by atoms with Crippen LogP contribution in [0.4, 0.5) is 11.6 Å². The van der Waals surface area contributed by atoms with Gasteiger partial charge in [-0.15, -0.1) is 0 Å². The van der Waals surface area contributed by atoms with Crippen LogP contribution >= 0.6 is 55.1 Å². The van der Waals surface area contributed by atoms with E-state index in [0.717, 1.165) is 87.9 Å². The average molecular weight is 735 g/mol. The van der Waals surface area contributed by atoms with Gasteiger partial charge in [-0.3, -0.25) is 9.36 Å². The number of hydrogen-bond acceptors (Lipinski definition) is 6. The predicted molar refractivity (Wildman–Crippen MR) is 174 cm³/mol. The Balaban J connectivity index is 0.000000137. The number of hydrogen-bond donors (Lipinski definition) is 2. The summed E-state index contributed by atoms with van der Waals surface area (Å²) in [5, 5.41) is 17.6. The molecular formula is C30H32Br2Cl2N8. The highest BCUT2D eigenvalue weighted by Crippen LogP contribution is 2.55. The predicted octanol–water partition coefficient (Wildman–Crippen LogP) is 8.18. The number of fused-ring (bicyclic) bond motifs is 4. The Morgan fingerprint density at radius 1 is 0.857 bits per heavy atom. The molecule has 2 aliphatic heterocycles. The molecule has 4 aromatic heterocycles. The summed E-state index contributed by atoms with van der Waals surface area (Å²) in [7, 11) is 0. The van der Waals surface area contributed by atoms with Crippen molar-refractivity contribution in [3.05, 3.63) is 78.4 Å². The summed E-state index contributed by atoms with van der Waals surface area (Å²) in [6, 6.07) is 5.03. The van der Waals surface area contributed by atoms with Crippen molar-refractivity contribution in [1.29, 1.82) is 0 Å². The second-order valence-corrected chi connectivity index (χ2v) is 14.7. The second kappa shape index (κ2) is 10.8. The van der Waals surface area contributed by atoms with Gasteiger partial charge in [0.1, 0.15) is 11.6 Å². The van der Waals surface area contributed by atoms with Crippen molar-refractivity contribution in [1.82, 2.24) is 29.5 Å². The SMILES string of the molecule is Cc1ccn([C@H]2CC[C@@]3(CNc4ncc(Br)c(Cl)c43)C2)n1.Cc1ccnn1[C@H]1CC[C@@]2(CNc3ncc(Br)c(Cl)c32)C1. The van der Waals surface area contributed by atoms with Gasteiger partial charge in [0.2, 0.25) is 0 Å². The summed E-state index contributed by atoms with van der Waals surface area (Å²) in [6.07, 6.45) is 14.1. The van der Waals surface area contributed by atoms with Gasteiger partial charge in [0.05, 0.1) is 36.8 Å². The number of halogens is 4. The van der Waals surface area contributed by atoms with Crippen molar-refractivity contribution < 1.29 is 0 Å². The molecule has 4 aliphatic rings. The fraction of sp³-hybridized carbons (Fsp3) is 0.467. The largest absolute Gasteiger partial charge is 0.369 e. The van der Waals surface area contributed by atoms with Crippen LogP contribution in [0.25, 0.3) is 0 Å². The third-order valence-electron chi connectivity index (χ3n) is 9.69. The van der Waals surface area contributed by atoms with Gasteiger partial charge in [0.15, 0.2) is 0 Å².